The van der Waals surface area contributed by atoms with Crippen LogP contribution < -0.4 is 10.1 Å². The fourth-order valence-electron chi connectivity index (χ4n) is 2.88. The largest absolute Gasteiger partial charge is 0.484 e. The number of carbonyl (C=O) groups is 1. The van der Waals surface area contributed by atoms with Crippen molar-refractivity contribution < 1.29 is 14.1 Å². The Balaban J connectivity index is 1.50. The second kappa shape index (κ2) is 8.00. The number of aromatic nitrogens is 2. The van der Waals surface area contributed by atoms with Gasteiger partial charge in [0.1, 0.15) is 5.75 Å². The van der Waals surface area contributed by atoms with E-state index >= 15 is 0 Å². The minimum Gasteiger partial charge on any atom is -0.484 e. The Morgan fingerprint density at radius 1 is 1.32 bits per heavy atom. The molecule has 3 rings (SSSR count). The molecule has 2 amide bonds. The molecule has 1 N–H and O–H groups in total. The van der Waals surface area contributed by atoms with Crippen LogP contribution in [-0.2, 0) is 6.61 Å². The van der Waals surface area contributed by atoms with E-state index in [1.807, 2.05) is 43.0 Å². The zero-order chi connectivity index (χ0) is 17.6. The molecule has 1 aromatic carbocycles. The summed E-state index contributed by atoms with van der Waals surface area (Å²) < 4.78 is 11.0. The number of likely N-dealkylation sites (tertiary alicyclic amines) is 1. The van der Waals surface area contributed by atoms with Crippen molar-refractivity contribution in [1.82, 2.24) is 20.4 Å². The highest BCUT2D eigenvalue weighted by Gasteiger charge is 2.26. The molecule has 7 heteroatoms. The lowest BCUT2D eigenvalue weighted by Gasteiger charge is -2.30. The van der Waals surface area contributed by atoms with Crippen LogP contribution in [-0.4, -0.2) is 40.7 Å². The number of carbonyl (C=O) groups excluding carboxylic acids is 1. The van der Waals surface area contributed by atoms with Crippen LogP contribution in [0.2, 0.25) is 0 Å². The zero-order valence-corrected chi connectivity index (χ0v) is 14.7. The maximum absolute atomic E-state index is 11.8. The molecule has 0 saturated carbocycles. The fraction of sp³-hybridized carbons (Fsp3) is 0.500. The molecule has 2 aromatic rings. The first-order valence-electron chi connectivity index (χ1n) is 8.70. The van der Waals surface area contributed by atoms with Gasteiger partial charge in [-0.1, -0.05) is 22.9 Å². The smallest absolute Gasteiger partial charge is 0.317 e. The Morgan fingerprint density at radius 3 is 2.72 bits per heavy atom. The molecule has 0 bridgehead atoms. The van der Waals surface area contributed by atoms with E-state index in [9.17, 15) is 4.79 Å². The van der Waals surface area contributed by atoms with Crippen LogP contribution in [0.25, 0.3) is 0 Å². The third-order valence-electron chi connectivity index (χ3n) is 4.34. The van der Waals surface area contributed by atoms with Crippen molar-refractivity contribution in [2.75, 3.05) is 19.6 Å². The van der Waals surface area contributed by atoms with Gasteiger partial charge in [-0.15, -0.1) is 0 Å². The zero-order valence-electron chi connectivity index (χ0n) is 14.7. The molecule has 0 aliphatic carbocycles. The van der Waals surface area contributed by atoms with Gasteiger partial charge in [0, 0.05) is 25.6 Å². The van der Waals surface area contributed by atoms with Crippen LogP contribution >= 0.6 is 0 Å². The second-order valence-electron chi connectivity index (χ2n) is 6.24. The van der Waals surface area contributed by atoms with Crippen LogP contribution in [0.4, 0.5) is 4.79 Å². The Hall–Kier alpha value is -2.57. The number of benzene rings is 1. The molecular weight excluding hydrogens is 320 g/mol. The van der Waals surface area contributed by atoms with Crippen molar-refractivity contribution in [3.63, 3.8) is 0 Å². The highest BCUT2D eigenvalue weighted by atomic mass is 16.5. The first-order valence-corrected chi connectivity index (χ1v) is 8.70. The molecule has 134 valence electrons. The van der Waals surface area contributed by atoms with Crippen molar-refractivity contribution in [2.45, 2.75) is 39.2 Å². The number of urea groups is 1. The van der Waals surface area contributed by atoms with Crippen molar-refractivity contribution in [2.24, 2.45) is 0 Å². The lowest BCUT2D eigenvalue weighted by atomic mass is 9.96. The minimum absolute atomic E-state index is 0.00116. The van der Waals surface area contributed by atoms with Crippen LogP contribution in [0.1, 0.15) is 43.0 Å². The van der Waals surface area contributed by atoms with E-state index in [0.717, 1.165) is 18.6 Å². The maximum Gasteiger partial charge on any atom is 0.317 e. The fourth-order valence-corrected chi connectivity index (χ4v) is 2.88. The summed E-state index contributed by atoms with van der Waals surface area (Å²) in [5, 5.41) is 6.92. The summed E-state index contributed by atoms with van der Waals surface area (Å²) >= 11 is 0. The number of piperidine rings is 1. The summed E-state index contributed by atoms with van der Waals surface area (Å²) in [4.78, 5) is 18.1. The molecule has 1 aliphatic rings. The van der Waals surface area contributed by atoms with Crippen LogP contribution in [0, 0.1) is 6.92 Å². The number of hydrogen-bond donors (Lipinski definition) is 1. The molecule has 0 unspecified atom stereocenters. The highest BCUT2D eigenvalue weighted by Crippen LogP contribution is 2.26. The van der Waals surface area contributed by atoms with Gasteiger partial charge in [-0.05, 0) is 38.8 Å². The van der Waals surface area contributed by atoms with Gasteiger partial charge >= 0.3 is 6.03 Å². The quantitative estimate of drug-likeness (QED) is 0.902. The number of nitrogens with zero attached hydrogens (tertiary/aromatic N) is 3. The Labute approximate surface area is 147 Å². The molecule has 1 saturated heterocycles. The molecule has 0 atom stereocenters. The topological polar surface area (TPSA) is 80.5 Å². The first-order chi connectivity index (χ1) is 12.2. The molecule has 0 radical (unpaired) electrons. The molecule has 7 nitrogen and oxygen atoms in total. The van der Waals surface area contributed by atoms with Gasteiger partial charge in [-0.3, -0.25) is 0 Å². The summed E-state index contributed by atoms with van der Waals surface area (Å²) in [5.41, 5.74) is 1.19. The van der Waals surface area contributed by atoms with Crippen molar-refractivity contribution in [3.05, 3.63) is 41.5 Å². The second-order valence-corrected chi connectivity index (χ2v) is 6.24. The minimum atomic E-state index is 0.00116. The van der Waals surface area contributed by atoms with Crippen molar-refractivity contribution >= 4 is 6.03 Å². The number of amides is 2. The lowest BCUT2D eigenvalue weighted by molar-refractivity contribution is 0.180. The van der Waals surface area contributed by atoms with Gasteiger partial charge in [0.15, 0.2) is 12.4 Å². The predicted octanol–water partition coefficient (Wildman–Crippen LogP) is 2.87. The van der Waals surface area contributed by atoms with Crippen LogP contribution in [0.15, 0.2) is 28.8 Å². The average molecular weight is 344 g/mol. The summed E-state index contributed by atoms with van der Waals surface area (Å²) in [7, 11) is 0. The third kappa shape index (κ3) is 4.49. The van der Waals surface area contributed by atoms with Crippen molar-refractivity contribution in [3.8, 4) is 5.75 Å². The summed E-state index contributed by atoms with van der Waals surface area (Å²) in [6, 6.07) is 7.84. The van der Waals surface area contributed by atoms with E-state index < -0.39 is 0 Å². The molecule has 25 heavy (non-hydrogen) atoms. The van der Waals surface area contributed by atoms with Gasteiger partial charge in [0.25, 0.3) is 5.89 Å². The van der Waals surface area contributed by atoms with E-state index in [0.29, 0.717) is 31.3 Å². The lowest BCUT2D eigenvalue weighted by Crippen LogP contribution is -2.44. The summed E-state index contributed by atoms with van der Waals surface area (Å²) in [6.45, 7) is 6.28. The third-order valence-corrected chi connectivity index (χ3v) is 4.34. The van der Waals surface area contributed by atoms with Crippen molar-refractivity contribution in [1.29, 1.82) is 0 Å². The van der Waals surface area contributed by atoms with E-state index in [4.69, 9.17) is 9.26 Å². The van der Waals surface area contributed by atoms with Crippen LogP contribution in [0.3, 0.4) is 0 Å². The molecule has 0 spiro atoms. The van der Waals surface area contributed by atoms with Gasteiger partial charge in [0.2, 0.25) is 0 Å². The van der Waals surface area contributed by atoms with E-state index in [-0.39, 0.29) is 18.6 Å². The summed E-state index contributed by atoms with van der Waals surface area (Å²) in [5.74, 6) is 2.18. The van der Waals surface area contributed by atoms with Gasteiger partial charge in [0.05, 0.1) is 0 Å². The monoisotopic (exact) mass is 344 g/mol. The Bertz CT molecular complexity index is 691. The number of aryl methyl sites for hydroxylation is 1. The predicted molar refractivity (Wildman–Crippen MR) is 92.4 cm³/mol. The summed E-state index contributed by atoms with van der Waals surface area (Å²) in [6.07, 6.45) is 1.68. The van der Waals surface area contributed by atoms with Gasteiger partial charge in [-0.25, -0.2) is 4.79 Å². The number of rotatable bonds is 5. The molecule has 1 aliphatic heterocycles. The van der Waals surface area contributed by atoms with Crippen LogP contribution in [0.5, 0.6) is 5.75 Å². The van der Waals surface area contributed by atoms with E-state index in [1.54, 1.807) is 0 Å². The molecule has 1 aromatic heterocycles. The Kier molecular flexibility index (Phi) is 5.53. The highest BCUT2D eigenvalue weighted by molar-refractivity contribution is 5.74. The van der Waals surface area contributed by atoms with Gasteiger partial charge in [-0.2, -0.15) is 4.98 Å². The SMILES string of the molecule is CCNC(=O)N1CCC(c2noc(COc3ccc(C)cc3)n2)CC1. The molecule has 1 fully saturated rings. The molecule has 2 heterocycles. The number of nitrogens with one attached hydrogen (secondary N) is 1. The van der Waals surface area contributed by atoms with E-state index in [1.165, 1.54) is 5.56 Å². The molecular formula is C18H24N4O3. The number of ether oxygens (including phenoxy) is 1. The Morgan fingerprint density at radius 2 is 2.04 bits per heavy atom. The van der Waals surface area contributed by atoms with Gasteiger partial charge < -0.3 is 19.5 Å². The maximum atomic E-state index is 11.8. The normalized spacial score (nSPS) is 15.2. The number of hydrogen-bond acceptors (Lipinski definition) is 5. The average Bonchev–Trinajstić information content (AvgIpc) is 3.11. The first kappa shape index (κ1) is 17.3. The van der Waals surface area contributed by atoms with E-state index in [2.05, 4.69) is 15.5 Å². The standard InChI is InChI=1S/C18H24N4O3/c1-3-19-18(23)22-10-8-14(9-11-22)17-20-16(25-21-17)12-24-15-6-4-13(2)5-7-15/h4-7,14H,3,8-12H2,1-2H3,(H,19,23).